The van der Waals surface area contributed by atoms with Crippen LogP contribution in [0, 0.1) is 5.92 Å². The standard InChI is InChI=1S/C24H44O3/c1-6-7-8-9-10-11-12-13-14-15-16-17-18-19-22(21(2)25)20-23(26)27-24(3,4)5/h13-14,22H,6-12,15-20H2,1-5H3/b14-13-. The van der Waals surface area contributed by atoms with Crippen LogP contribution in [-0.4, -0.2) is 17.4 Å². The molecule has 0 N–H and O–H groups in total. The highest BCUT2D eigenvalue weighted by molar-refractivity contribution is 5.83. The van der Waals surface area contributed by atoms with Gasteiger partial charge < -0.3 is 4.74 Å². The Morgan fingerprint density at radius 2 is 1.37 bits per heavy atom. The van der Waals surface area contributed by atoms with E-state index in [1.54, 1.807) is 6.92 Å². The van der Waals surface area contributed by atoms with Crippen molar-refractivity contribution in [1.29, 1.82) is 0 Å². The third kappa shape index (κ3) is 18.0. The summed E-state index contributed by atoms with van der Waals surface area (Å²) in [5.41, 5.74) is -0.486. The molecule has 0 radical (unpaired) electrons. The average Bonchev–Trinajstić information content (AvgIpc) is 2.56. The minimum absolute atomic E-state index is 0.0969. The van der Waals surface area contributed by atoms with Crippen LogP contribution < -0.4 is 0 Å². The summed E-state index contributed by atoms with van der Waals surface area (Å²) in [5.74, 6) is -0.358. The third-order valence-corrected chi connectivity index (χ3v) is 4.72. The number of hydrogen-bond acceptors (Lipinski definition) is 3. The molecule has 0 amide bonds. The SMILES string of the molecule is CCCCCCCC/C=C\CCCCCC(CC(=O)OC(C)(C)C)C(C)=O. The van der Waals surface area contributed by atoms with Crippen LogP contribution in [0.5, 0.6) is 0 Å². The highest BCUT2D eigenvalue weighted by atomic mass is 16.6. The fourth-order valence-electron chi connectivity index (χ4n) is 3.14. The van der Waals surface area contributed by atoms with E-state index in [4.69, 9.17) is 4.74 Å². The normalized spacial score (nSPS) is 13.1. The summed E-state index contributed by atoms with van der Waals surface area (Å²) >= 11 is 0. The first-order chi connectivity index (χ1) is 12.8. The fourth-order valence-corrected chi connectivity index (χ4v) is 3.14. The highest BCUT2D eigenvalue weighted by Crippen LogP contribution is 2.19. The molecular weight excluding hydrogens is 336 g/mol. The number of ketones is 1. The van der Waals surface area contributed by atoms with E-state index in [-0.39, 0.29) is 24.1 Å². The number of carbonyl (C=O) groups is 2. The van der Waals surface area contributed by atoms with Crippen LogP contribution in [0.15, 0.2) is 12.2 Å². The topological polar surface area (TPSA) is 43.4 Å². The van der Waals surface area contributed by atoms with Gasteiger partial charge in [0.15, 0.2) is 0 Å². The van der Waals surface area contributed by atoms with Crippen molar-refractivity contribution in [2.75, 3.05) is 0 Å². The molecule has 0 fully saturated rings. The van der Waals surface area contributed by atoms with Crippen molar-refractivity contribution >= 4 is 11.8 Å². The van der Waals surface area contributed by atoms with Crippen LogP contribution in [0.2, 0.25) is 0 Å². The number of rotatable bonds is 16. The number of allylic oxidation sites excluding steroid dienone is 2. The summed E-state index contributed by atoms with van der Waals surface area (Å²) < 4.78 is 5.34. The van der Waals surface area contributed by atoms with Crippen LogP contribution in [0.25, 0.3) is 0 Å². The van der Waals surface area contributed by atoms with Gasteiger partial charge in [-0.25, -0.2) is 0 Å². The first-order valence-electron chi connectivity index (χ1n) is 11.1. The maximum Gasteiger partial charge on any atom is 0.307 e. The zero-order valence-electron chi connectivity index (χ0n) is 18.6. The number of unbranched alkanes of at least 4 members (excludes halogenated alkanes) is 9. The molecule has 0 rings (SSSR count). The lowest BCUT2D eigenvalue weighted by molar-refractivity contribution is -0.157. The van der Waals surface area contributed by atoms with Crippen molar-refractivity contribution in [1.82, 2.24) is 0 Å². The van der Waals surface area contributed by atoms with Crippen molar-refractivity contribution in [3.05, 3.63) is 12.2 Å². The molecule has 0 spiro atoms. The Labute approximate surface area is 168 Å². The van der Waals surface area contributed by atoms with Crippen molar-refractivity contribution in [3.63, 3.8) is 0 Å². The number of hydrogen-bond donors (Lipinski definition) is 0. The monoisotopic (exact) mass is 380 g/mol. The predicted molar refractivity (Wildman–Crippen MR) is 115 cm³/mol. The van der Waals surface area contributed by atoms with Crippen LogP contribution in [-0.2, 0) is 14.3 Å². The Balaban J connectivity index is 3.74. The maximum absolute atomic E-state index is 11.9. The van der Waals surface area contributed by atoms with Gasteiger partial charge in [0, 0.05) is 5.92 Å². The molecule has 0 aliphatic heterocycles. The summed E-state index contributed by atoms with van der Waals surface area (Å²) in [4.78, 5) is 23.7. The molecule has 1 unspecified atom stereocenters. The van der Waals surface area contributed by atoms with Crippen molar-refractivity contribution in [2.45, 2.75) is 124 Å². The molecule has 0 aromatic carbocycles. The lowest BCUT2D eigenvalue weighted by Gasteiger charge is -2.21. The predicted octanol–water partition coefficient (Wildman–Crippen LogP) is 7.18. The van der Waals surface area contributed by atoms with Gasteiger partial charge in [0.25, 0.3) is 0 Å². The van der Waals surface area contributed by atoms with E-state index in [1.807, 2.05) is 20.8 Å². The quantitative estimate of drug-likeness (QED) is 0.162. The van der Waals surface area contributed by atoms with Gasteiger partial charge in [-0.15, -0.1) is 0 Å². The van der Waals surface area contributed by atoms with Gasteiger partial charge in [0.05, 0.1) is 6.42 Å². The number of esters is 1. The first kappa shape index (κ1) is 25.9. The number of Topliss-reactive ketones (excluding diaryl/α,β-unsaturated/α-hetero) is 1. The van der Waals surface area contributed by atoms with E-state index in [2.05, 4.69) is 19.1 Å². The molecule has 0 aromatic heterocycles. The smallest absolute Gasteiger partial charge is 0.307 e. The van der Waals surface area contributed by atoms with Crippen LogP contribution in [0.4, 0.5) is 0 Å². The van der Waals surface area contributed by atoms with Gasteiger partial charge in [0.2, 0.25) is 0 Å². The molecular formula is C24H44O3. The molecule has 158 valence electrons. The number of carbonyl (C=O) groups excluding carboxylic acids is 2. The van der Waals surface area contributed by atoms with E-state index >= 15 is 0 Å². The lowest BCUT2D eigenvalue weighted by atomic mass is 9.94. The van der Waals surface area contributed by atoms with E-state index in [0.29, 0.717) is 0 Å². The Hall–Kier alpha value is -1.12. The van der Waals surface area contributed by atoms with Gasteiger partial charge in [0.1, 0.15) is 11.4 Å². The van der Waals surface area contributed by atoms with Crippen LogP contribution in [0.1, 0.15) is 118 Å². The molecule has 0 saturated heterocycles. The summed E-state index contributed by atoms with van der Waals surface area (Å²) in [6.45, 7) is 9.40. The van der Waals surface area contributed by atoms with Crippen molar-refractivity contribution < 1.29 is 14.3 Å². The van der Waals surface area contributed by atoms with Crippen LogP contribution in [0.3, 0.4) is 0 Å². The largest absolute Gasteiger partial charge is 0.460 e. The summed E-state index contributed by atoms with van der Waals surface area (Å²) in [6.07, 6.45) is 19.3. The zero-order valence-corrected chi connectivity index (χ0v) is 18.6. The third-order valence-electron chi connectivity index (χ3n) is 4.72. The molecule has 0 aliphatic rings. The molecule has 27 heavy (non-hydrogen) atoms. The molecule has 0 heterocycles. The van der Waals surface area contributed by atoms with Gasteiger partial charge in [-0.1, -0.05) is 64.0 Å². The molecule has 0 saturated carbocycles. The Bertz CT molecular complexity index is 418. The van der Waals surface area contributed by atoms with Gasteiger partial charge in [-0.3, -0.25) is 9.59 Å². The lowest BCUT2D eigenvalue weighted by Crippen LogP contribution is -2.26. The fraction of sp³-hybridized carbons (Fsp3) is 0.833. The van der Waals surface area contributed by atoms with Gasteiger partial charge in [-0.05, 0) is 59.8 Å². The Morgan fingerprint density at radius 3 is 1.89 bits per heavy atom. The summed E-state index contributed by atoms with van der Waals surface area (Å²) in [7, 11) is 0. The first-order valence-corrected chi connectivity index (χ1v) is 11.1. The van der Waals surface area contributed by atoms with Gasteiger partial charge in [-0.2, -0.15) is 0 Å². The Kier molecular flexibility index (Phi) is 15.2. The van der Waals surface area contributed by atoms with E-state index in [0.717, 1.165) is 32.1 Å². The zero-order chi connectivity index (χ0) is 20.5. The molecule has 1 atom stereocenters. The second kappa shape index (κ2) is 15.9. The molecule has 0 aliphatic carbocycles. The minimum Gasteiger partial charge on any atom is -0.460 e. The van der Waals surface area contributed by atoms with Crippen LogP contribution >= 0.6 is 0 Å². The maximum atomic E-state index is 11.9. The molecule has 3 heteroatoms. The second-order valence-corrected chi connectivity index (χ2v) is 8.76. The molecule has 0 bridgehead atoms. The molecule has 3 nitrogen and oxygen atoms in total. The summed E-state index contributed by atoms with van der Waals surface area (Å²) in [5, 5.41) is 0. The average molecular weight is 381 g/mol. The second-order valence-electron chi connectivity index (χ2n) is 8.76. The van der Waals surface area contributed by atoms with Gasteiger partial charge >= 0.3 is 5.97 Å². The summed E-state index contributed by atoms with van der Waals surface area (Å²) in [6, 6.07) is 0. The van der Waals surface area contributed by atoms with E-state index in [1.165, 1.54) is 44.9 Å². The van der Waals surface area contributed by atoms with E-state index in [9.17, 15) is 9.59 Å². The Morgan fingerprint density at radius 1 is 0.852 bits per heavy atom. The van der Waals surface area contributed by atoms with Crippen molar-refractivity contribution in [2.24, 2.45) is 5.92 Å². The van der Waals surface area contributed by atoms with Crippen molar-refractivity contribution in [3.8, 4) is 0 Å². The molecule has 0 aromatic rings. The van der Waals surface area contributed by atoms with E-state index < -0.39 is 5.60 Å². The number of ether oxygens (including phenoxy) is 1. The highest BCUT2D eigenvalue weighted by Gasteiger charge is 2.22. The minimum atomic E-state index is -0.486.